The highest BCUT2D eigenvalue weighted by Gasteiger charge is 2.10. The lowest BCUT2D eigenvalue weighted by molar-refractivity contribution is 0.981. The fourth-order valence-corrected chi connectivity index (χ4v) is 3.39. The quantitative estimate of drug-likeness (QED) is 0.724. The van der Waals surface area contributed by atoms with Crippen LogP contribution in [0.2, 0.25) is 0 Å². The number of aromatic nitrogens is 4. The highest BCUT2D eigenvalue weighted by atomic mass is 32.2. The first-order chi connectivity index (χ1) is 8.72. The molecule has 5 nitrogen and oxygen atoms in total. The summed E-state index contributed by atoms with van der Waals surface area (Å²) < 4.78 is 0.857. The van der Waals surface area contributed by atoms with E-state index >= 15 is 0 Å². The van der Waals surface area contributed by atoms with Gasteiger partial charge in [0.2, 0.25) is 5.95 Å². The molecule has 0 aliphatic heterocycles. The number of nitrogens with two attached hydrogens (primary N) is 1. The van der Waals surface area contributed by atoms with E-state index in [1.54, 1.807) is 0 Å². The zero-order valence-electron chi connectivity index (χ0n) is 9.49. The molecule has 0 fully saturated rings. The van der Waals surface area contributed by atoms with E-state index in [0.717, 1.165) is 25.3 Å². The Morgan fingerprint density at radius 2 is 2.00 bits per heavy atom. The fraction of sp³-hybridized carbons (Fsp3) is 0.0909. The smallest absolute Gasteiger partial charge is 0.221 e. The zero-order valence-corrected chi connectivity index (χ0v) is 11.1. The van der Waals surface area contributed by atoms with Gasteiger partial charge in [0.25, 0.3) is 0 Å². The summed E-state index contributed by atoms with van der Waals surface area (Å²) in [5.41, 5.74) is 6.56. The van der Waals surface area contributed by atoms with Gasteiger partial charge in [-0.3, -0.25) is 0 Å². The molecule has 0 spiro atoms. The number of aryl methyl sites for hydroxylation is 1. The number of nitrogen functional groups attached to an aromatic ring is 1. The molecule has 0 atom stereocenters. The molecule has 0 bridgehead atoms. The van der Waals surface area contributed by atoms with Crippen LogP contribution in [0.4, 0.5) is 5.95 Å². The lowest BCUT2D eigenvalue weighted by Gasteiger charge is -2.03. The summed E-state index contributed by atoms with van der Waals surface area (Å²) in [6, 6.07) is 7.78. The summed E-state index contributed by atoms with van der Waals surface area (Å²) in [4.78, 5) is 8.48. The summed E-state index contributed by atoms with van der Waals surface area (Å²) in [5, 5.41) is 10.8. The molecule has 0 saturated carbocycles. The zero-order chi connectivity index (χ0) is 12.5. The molecule has 2 heterocycles. The number of hydrogen-bond acceptors (Lipinski definition) is 7. The van der Waals surface area contributed by atoms with Crippen molar-refractivity contribution < 1.29 is 0 Å². The van der Waals surface area contributed by atoms with Gasteiger partial charge in [0, 0.05) is 5.39 Å². The molecule has 0 radical (unpaired) electrons. The fourth-order valence-electron chi connectivity index (χ4n) is 1.54. The van der Waals surface area contributed by atoms with E-state index in [2.05, 4.69) is 20.2 Å². The first-order valence-corrected chi connectivity index (χ1v) is 6.86. The van der Waals surface area contributed by atoms with E-state index < -0.39 is 0 Å². The van der Waals surface area contributed by atoms with Gasteiger partial charge in [-0.15, -0.1) is 10.2 Å². The van der Waals surface area contributed by atoms with Crippen LogP contribution in [0.25, 0.3) is 10.9 Å². The van der Waals surface area contributed by atoms with Crippen LogP contribution in [-0.4, -0.2) is 20.2 Å². The van der Waals surface area contributed by atoms with Gasteiger partial charge in [0.15, 0.2) is 4.34 Å². The van der Waals surface area contributed by atoms with E-state index in [9.17, 15) is 0 Å². The Balaban J connectivity index is 2.10. The maximum atomic E-state index is 5.72. The number of anilines is 1. The first kappa shape index (κ1) is 11.4. The highest BCUT2D eigenvalue weighted by molar-refractivity contribution is 8.01. The van der Waals surface area contributed by atoms with Crippen LogP contribution in [0, 0.1) is 6.92 Å². The van der Waals surface area contributed by atoms with Crippen molar-refractivity contribution in [2.45, 2.75) is 16.3 Å². The standard InChI is InChI=1S/C11H9N5S2/c1-6-15-16-11(17-6)18-9-7-4-2-3-5-8(7)13-10(12)14-9/h2-5H,1H3,(H2,12,13,14). The van der Waals surface area contributed by atoms with Gasteiger partial charge in [-0.2, -0.15) is 0 Å². The lowest BCUT2D eigenvalue weighted by atomic mass is 10.2. The average molecular weight is 275 g/mol. The van der Waals surface area contributed by atoms with Gasteiger partial charge in [0.1, 0.15) is 10.0 Å². The number of rotatable bonds is 2. The maximum absolute atomic E-state index is 5.72. The Kier molecular flexibility index (Phi) is 2.85. The van der Waals surface area contributed by atoms with Crippen molar-refractivity contribution in [1.82, 2.24) is 20.2 Å². The van der Waals surface area contributed by atoms with Gasteiger partial charge in [-0.1, -0.05) is 29.5 Å². The third-order valence-corrected chi connectivity index (χ3v) is 4.17. The number of benzene rings is 1. The minimum absolute atomic E-state index is 0.275. The Hall–Kier alpha value is -1.73. The normalized spacial score (nSPS) is 10.9. The minimum Gasteiger partial charge on any atom is -0.368 e. The van der Waals surface area contributed by atoms with Crippen molar-refractivity contribution in [3.05, 3.63) is 29.3 Å². The van der Waals surface area contributed by atoms with Gasteiger partial charge in [-0.25, -0.2) is 9.97 Å². The molecule has 7 heteroatoms. The predicted octanol–water partition coefficient (Wildman–Crippen LogP) is 2.52. The van der Waals surface area contributed by atoms with E-state index in [1.165, 1.54) is 23.1 Å². The largest absolute Gasteiger partial charge is 0.368 e. The van der Waals surface area contributed by atoms with Gasteiger partial charge < -0.3 is 5.73 Å². The van der Waals surface area contributed by atoms with Crippen LogP contribution in [0.3, 0.4) is 0 Å². The first-order valence-electron chi connectivity index (χ1n) is 5.22. The summed E-state index contributed by atoms with van der Waals surface area (Å²) >= 11 is 3.00. The van der Waals surface area contributed by atoms with Crippen molar-refractivity contribution in [3.8, 4) is 0 Å². The molecule has 2 aromatic heterocycles. The second-order valence-corrected chi connectivity index (χ2v) is 6.01. The Morgan fingerprint density at radius 1 is 1.17 bits per heavy atom. The molecular formula is C11H9N5S2. The van der Waals surface area contributed by atoms with Crippen LogP contribution in [0.15, 0.2) is 33.6 Å². The molecule has 0 saturated heterocycles. The predicted molar refractivity (Wildman–Crippen MR) is 72.7 cm³/mol. The minimum atomic E-state index is 0.275. The summed E-state index contributed by atoms with van der Waals surface area (Å²) in [6.07, 6.45) is 0. The second kappa shape index (κ2) is 4.51. The monoisotopic (exact) mass is 275 g/mol. The molecule has 2 N–H and O–H groups in total. The third kappa shape index (κ3) is 2.14. The van der Waals surface area contributed by atoms with Gasteiger partial charge in [0.05, 0.1) is 5.52 Å². The molecule has 18 heavy (non-hydrogen) atoms. The van der Waals surface area contributed by atoms with Crippen molar-refractivity contribution in [2.24, 2.45) is 0 Å². The van der Waals surface area contributed by atoms with Crippen LogP contribution < -0.4 is 5.73 Å². The number of hydrogen-bond donors (Lipinski definition) is 1. The van der Waals surface area contributed by atoms with Gasteiger partial charge in [-0.05, 0) is 24.8 Å². The molecule has 3 aromatic rings. The average Bonchev–Trinajstić information content (AvgIpc) is 2.74. The SMILES string of the molecule is Cc1nnc(Sc2nc(N)nc3ccccc23)s1. The van der Waals surface area contributed by atoms with Crippen molar-refractivity contribution in [1.29, 1.82) is 0 Å². The van der Waals surface area contributed by atoms with Gasteiger partial charge >= 0.3 is 0 Å². The molecular weight excluding hydrogens is 266 g/mol. The molecule has 1 aromatic carbocycles. The number of nitrogens with zero attached hydrogens (tertiary/aromatic N) is 4. The Bertz CT molecular complexity index is 709. The maximum Gasteiger partial charge on any atom is 0.221 e. The number of para-hydroxylation sites is 1. The Morgan fingerprint density at radius 3 is 2.78 bits per heavy atom. The van der Waals surface area contributed by atoms with Crippen LogP contribution in [0.5, 0.6) is 0 Å². The van der Waals surface area contributed by atoms with E-state index in [1.807, 2.05) is 31.2 Å². The molecule has 0 unspecified atom stereocenters. The summed E-state index contributed by atoms with van der Waals surface area (Å²) in [7, 11) is 0. The topological polar surface area (TPSA) is 77.6 Å². The molecule has 90 valence electrons. The van der Waals surface area contributed by atoms with Crippen LogP contribution in [-0.2, 0) is 0 Å². The van der Waals surface area contributed by atoms with E-state index in [4.69, 9.17) is 5.73 Å². The van der Waals surface area contributed by atoms with E-state index in [0.29, 0.717) is 0 Å². The van der Waals surface area contributed by atoms with Crippen molar-refractivity contribution >= 4 is 39.9 Å². The molecule has 0 amide bonds. The summed E-state index contributed by atoms with van der Waals surface area (Å²) in [5.74, 6) is 0.275. The molecule has 3 rings (SSSR count). The van der Waals surface area contributed by atoms with Crippen LogP contribution >= 0.6 is 23.1 Å². The number of fused-ring (bicyclic) bond motifs is 1. The van der Waals surface area contributed by atoms with E-state index in [-0.39, 0.29) is 5.95 Å². The van der Waals surface area contributed by atoms with Crippen molar-refractivity contribution in [3.63, 3.8) is 0 Å². The summed E-state index contributed by atoms with van der Waals surface area (Å²) in [6.45, 7) is 1.92. The molecule has 0 aliphatic rings. The van der Waals surface area contributed by atoms with Crippen molar-refractivity contribution in [2.75, 3.05) is 5.73 Å². The second-order valence-electron chi connectivity index (χ2n) is 3.59. The highest BCUT2D eigenvalue weighted by Crippen LogP contribution is 2.33. The lowest BCUT2D eigenvalue weighted by Crippen LogP contribution is -1.96. The van der Waals surface area contributed by atoms with Crippen LogP contribution in [0.1, 0.15) is 5.01 Å². The third-order valence-electron chi connectivity index (χ3n) is 2.28. The Labute approximate surface area is 111 Å². The molecule has 0 aliphatic carbocycles.